The number of hydrogen-bond donors (Lipinski definition) is 2. The van der Waals surface area contributed by atoms with E-state index in [4.69, 9.17) is 0 Å². The molecule has 2 heterocycles. The average Bonchev–Trinajstić information content (AvgIpc) is 2.92. The van der Waals surface area contributed by atoms with E-state index in [1.807, 2.05) is 0 Å². The first-order chi connectivity index (χ1) is 8.15. The summed E-state index contributed by atoms with van der Waals surface area (Å²) >= 11 is 0. The fraction of sp³-hybridized carbons (Fsp3) is 0.929. The van der Waals surface area contributed by atoms with Crippen LogP contribution in [0.2, 0.25) is 0 Å². The van der Waals surface area contributed by atoms with Crippen LogP contribution in [0.25, 0.3) is 0 Å². The van der Waals surface area contributed by atoms with E-state index in [2.05, 4.69) is 31.4 Å². The van der Waals surface area contributed by atoms with Crippen molar-refractivity contribution in [2.24, 2.45) is 11.8 Å². The summed E-state index contributed by atoms with van der Waals surface area (Å²) in [5, 5.41) is 6.76. The van der Waals surface area contributed by atoms with Gasteiger partial charge in [0, 0.05) is 18.1 Å². The maximum Gasteiger partial charge on any atom is 0.224 e. The lowest BCUT2D eigenvalue weighted by Crippen LogP contribution is -2.44. The quantitative estimate of drug-likeness (QED) is 0.770. The van der Waals surface area contributed by atoms with Crippen LogP contribution in [0, 0.1) is 11.8 Å². The lowest BCUT2D eigenvalue weighted by atomic mass is 9.87. The largest absolute Gasteiger partial charge is 0.353 e. The maximum atomic E-state index is 12.2. The van der Waals surface area contributed by atoms with Crippen molar-refractivity contribution < 1.29 is 4.79 Å². The van der Waals surface area contributed by atoms with E-state index < -0.39 is 0 Å². The highest BCUT2D eigenvalue weighted by Crippen LogP contribution is 2.33. The Labute approximate surface area is 105 Å². The van der Waals surface area contributed by atoms with Gasteiger partial charge in [-0.3, -0.25) is 4.79 Å². The first-order valence-corrected chi connectivity index (χ1v) is 7.22. The van der Waals surface area contributed by atoms with Gasteiger partial charge in [0.2, 0.25) is 5.91 Å². The average molecular weight is 238 g/mol. The molecule has 2 aliphatic rings. The van der Waals surface area contributed by atoms with Crippen molar-refractivity contribution in [3.63, 3.8) is 0 Å². The van der Waals surface area contributed by atoms with Gasteiger partial charge in [0.15, 0.2) is 0 Å². The minimum atomic E-state index is 0.227. The summed E-state index contributed by atoms with van der Waals surface area (Å²) in [5.74, 6) is 1.13. The van der Waals surface area contributed by atoms with Gasteiger partial charge in [-0.05, 0) is 32.1 Å². The van der Waals surface area contributed by atoms with E-state index in [9.17, 15) is 4.79 Å². The number of fused-ring (bicyclic) bond motifs is 2. The highest BCUT2D eigenvalue weighted by molar-refractivity contribution is 5.80. The summed E-state index contributed by atoms with van der Waals surface area (Å²) in [5.41, 5.74) is 0. The highest BCUT2D eigenvalue weighted by atomic mass is 16.2. The second-order valence-electron chi connectivity index (χ2n) is 5.76. The van der Waals surface area contributed by atoms with Crippen molar-refractivity contribution in [1.82, 2.24) is 10.6 Å². The Kier molecular flexibility index (Phi) is 4.08. The van der Waals surface area contributed by atoms with E-state index in [1.165, 1.54) is 12.8 Å². The van der Waals surface area contributed by atoms with Crippen LogP contribution in [0.1, 0.15) is 52.9 Å². The van der Waals surface area contributed by atoms with Crippen molar-refractivity contribution in [1.29, 1.82) is 0 Å². The van der Waals surface area contributed by atoms with Crippen LogP contribution in [-0.2, 0) is 4.79 Å². The Hall–Kier alpha value is -0.570. The number of rotatable bonds is 5. The molecule has 2 rings (SSSR count). The fourth-order valence-corrected chi connectivity index (χ4v) is 3.56. The van der Waals surface area contributed by atoms with Gasteiger partial charge in [-0.1, -0.05) is 26.7 Å². The highest BCUT2D eigenvalue weighted by Gasteiger charge is 2.42. The molecule has 0 aromatic carbocycles. The summed E-state index contributed by atoms with van der Waals surface area (Å²) in [6.07, 6.45) is 5.78. The lowest BCUT2D eigenvalue weighted by Gasteiger charge is -2.26. The second kappa shape index (κ2) is 5.38. The molecule has 0 aromatic heterocycles. The summed E-state index contributed by atoms with van der Waals surface area (Å²) in [4.78, 5) is 12.2. The van der Waals surface area contributed by atoms with Gasteiger partial charge in [-0.25, -0.2) is 0 Å². The Balaban J connectivity index is 1.84. The van der Waals surface area contributed by atoms with Gasteiger partial charge in [-0.15, -0.1) is 0 Å². The molecule has 3 heteroatoms. The fourth-order valence-electron chi connectivity index (χ4n) is 3.56. The van der Waals surface area contributed by atoms with Crippen LogP contribution < -0.4 is 10.6 Å². The predicted octanol–water partition coefficient (Wildman–Crippen LogP) is 2.07. The summed E-state index contributed by atoms with van der Waals surface area (Å²) in [6.45, 7) is 6.56. The molecule has 0 aromatic rings. The van der Waals surface area contributed by atoms with Crippen LogP contribution >= 0.6 is 0 Å². The standard InChI is InChI=1S/C14H26N2O/c1-4-10(5-2)9(3)15-14(17)12-8-11-6-7-13(12)16-11/h9-13,16H,4-8H2,1-3H3,(H,15,17). The lowest BCUT2D eigenvalue weighted by molar-refractivity contribution is -0.126. The minimum Gasteiger partial charge on any atom is -0.353 e. The molecule has 1 amide bonds. The topological polar surface area (TPSA) is 41.1 Å². The number of hydrogen-bond acceptors (Lipinski definition) is 2. The van der Waals surface area contributed by atoms with E-state index in [0.29, 0.717) is 24.0 Å². The van der Waals surface area contributed by atoms with Gasteiger partial charge in [0.1, 0.15) is 0 Å². The first-order valence-electron chi connectivity index (χ1n) is 7.22. The molecule has 3 nitrogen and oxygen atoms in total. The predicted molar refractivity (Wildman–Crippen MR) is 69.7 cm³/mol. The number of carbonyl (C=O) groups excluding carboxylic acids is 1. The Morgan fingerprint density at radius 2 is 2.06 bits per heavy atom. The van der Waals surface area contributed by atoms with Crippen LogP contribution in [-0.4, -0.2) is 24.0 Å². The van der Waals surface area contributed by atoms with Crippen molar-refractivity contribution in [3.05, 3.63) is 0 Å². The van der Waals surface area contributed by atoms with E-state index in [0.717, 1.165) is 19.3 Å². The monoisotopic (exact) mass is 238 g/mol. The number of carbonyl (C=O) groups is 1. The SMILES string of the molecule is CCC(CC)C(C)NC(=O)C1CC2CCC1N2. The third-order valence-corrected chi connectivity index (χ3v) is 4.76. The molecule has 0 radical (unpaired) electrons. The second-order valence-corrected chi connectivity index (χ2v) is 5.76. The molecule has 0 spiro atoms. The van der Waals surface area contributed by atoms with Gasteiger partial charge >= 0.3 is 0 Å². The molecule has 4 unspecified atom stereocenters. The third-order valence-electron chi connectivity index (χ3n) is 4.76. The molecule has 2 N–H and O–H groups in total. The molecule has 98 valence electrons. The zero-order chi connectivity index (χ0) is 12.4. The van der Waals surface area contributed by atoms with E-state index >= 15 is 0 Å². The molecule has 2 aliphatic heterocycles. The van der Waals surface area contributed by atoms with Crippen molar-refractivity contribution >= 4 is 5.91 Å². The first kappa shape index (κ1) is 12.9. The Bertz CT molecular complexity index is 275. The smallest absolute Gasteiger partial charge is 0.224 e. The zero-order valence-corrected chi connectivity index (χ0v) is 11.3. The molecule has 2 fully saturated rings. The Morgan fingerprint density at radius 3 is 2.53 bits per heavy atom. The van der Waals surface area contributed by atoms with Crippen LogP contribution in [0.4, 0.5) is 0 Å². The van der Waals surface area contributed by atoms with Gasteiger partial charge in [0.25, 0.3) is 0 Å². The van der Waals surface area contributed by atoms with Gasteiger partial charge in [0.05, 0.1) is 5.92 Å². The van der Waals surface area contributed by atoms with Crippen LogP contribution in [0.15, 0.2) is 0 Å². The van der Waals surface area contributed by atoms with Gasteiger partial charge in [-0.2, -0.15) is 0 Å². The van der Waals surface area contributed by atoms with Crippen LogP contribution in [0.3, 0.4) is 0 Å². The van der Waals surface area contributed by atoms with E-state index in [1.54, 1.807) is 0 Å². The molecule has 0 aliphatic carbocycles. The van der Waals surface area contributed by atoms with Gasteiger partial charge < -0.3 is 10.6 Å². The molecule has 2 saturated heterocycles. The normalized spacial score (nSPS) is 33.1. The summed E-state index contributed by atoms with van der Waals surface area (Å²) in [7, 11) is 0. The minimum absolute atomic E-state index is 0.227. The number of amides is 1. The molecule has 2 bridgehead atoms. The zero-order valence-electron chi connectivity index (χ0n) is 11.3. The summed E-state index contributed by atoms with van der Waals surface area (Å²) in [6, 6.07) is 1.38. The molecule has 0 saturated carbocycles. The summed E-state index contributed by atoms with van der Waals surface area (Å²) < 4.78 is 0. The molecular formula is C14H26N2O. The van der Waals surface area contributed by atoms with Crippen LogP contribution in [0.5, 0.6) is 0 Å². The van der Waals surface area contributed by atoms with E-state index in [-0.39, 0.29) is 11.8 Å². The van der Waals surface area contributed by atoms with Crippen molar-refractivity contribution in [2.75, 3.05) is 0 Å². The molecule has 4 atom stereocenters. The third kappa shape index (κ3) is 2.65. The van der Waals surface area contributed by atoms with Crippen molar-refractivity contribution in [3.8, 4) is 0 Å². The molecular weight excluding hydrogens is 212 g/mol. The molecule has 17 heavy (non-hydrogen) atoms. The van der Waals surface area contributed by atoms with Crippen molar-refractivity contribution in [2.45, 2.75) is 71.0 Å². The Morgan fingerprint density at radius 1 is 1.35 bits per heavy atom. The number of nitrogens with one attached hydrogen (secondary N) is 2. The maximum absolute atomic E-state index is 12.2.